The Bertz CT molecular complexity index is 3340. The third kappa shape index (κ3) is 6.58. The number of rotatable bonds is 7. The first-order chi connectivity index (χ1) is 29.7. The maximum Gasteiger partial charge on any atom is 0.164 e. The van der Waals surface area contributed by atoms with Gasteiger partial charge in [0.25, 0.3) is 0 Å². The first kappa shape index (κ1) is 35.2. The molecular weight excluding hydrogens is 727 g/mol. The number of hydrogen-bond donors (Lipinski definition) is 0. The van der Waals surface area contributed by atoms with Crippen LogP contribution in [0.3, 0.4) is 0 Å². The lowest BCUT2D eigenvalue weighted by molar-refractivity contribution is 1.07. The van der Waals surface area contributed by atoms with Crippen LogP contribution in [0.1, 0.15) is 0 Å². The third-order valence-electron chi connectivity index (χ3n) is 11.5. The summed E-state index contributed by atoms with van der Waals surface area (Å²) in [6.45, 7) is 0. The molecule has 10 aromatic carbocycles. The fourth-order valence-corrected chi connectivity index (χ4v) is 8.49. The SMILES string of the molecule is c1ccc(-c2nc(-c3ccc(-c4cccc5ccccc45)cc3)nc(-c3cccc(-c4ccc(-c5cc(-c6cccc7ccccc67)cc6ccccc56)cc4)c3)n2)cc1. The Morgan fingerprint density at radius 2 is 0.600 bits per heavy atom. The van der Waals surface area contributed by atoms with Gasteiger partial charge in [0.2, 0.25) is 0 Å². The second-order valence-electron chi connectivity index (χ2n) is 15.2. The Morgan fingerprint density at radius 1 is 0.200 bits per heavy atom. The molecular formula is C57H37N3. The van der Waals surface area contributed by atoms with Crippen LogP contribution in [0.4, 0.5) is 0 Å². The molecule has 0 saturated heterocycles. The van der Waals surface area contributed by atoms with Crippen LogP contribution in [0.15, 0.2) is 224 Å². The van der Waals surface area contributed by atoms with Crippen molar-refractivity contribution >= 4 is 32.3 Å². The molecule has 60 heavy (non-hydrogen) atoms. The maximum absolute atomic E-state index is 5.10. The van der Waals surface area contributed by atoms with E-state index in [-0.39, 0.29) is 0 Å². The van der Waals surface area contributed by atoms with Crippen molar-refractivity contribution < 1.29 is 0 Å². The van der Waals surface area contributed by atoms with Crippen LogP contribution in [0.25, 0.3) is 111 Å². The average molecular weight is 764 g/mol. The molecule has 1 aromatic heterocycles. The summed E-state index contributed by atoms with van der Waals surface area (Å²) >= 11 is 0. The van der Waals surface area contributed by atoms with Crippen molar-refractivity contribution in [1.29, 1.82) is 0 Å². The Kier molecular flexibility index (Phi) is 8.83. The van der Waals surface area contributed by atoms with Crippen molar-refractivity contribution in [3.63, 3.8) is 0 Å². The predicted octanol–water partition coefficient (Wildman–Crippen LogP) is 15.0. The molecule has 11 rings (SSSR count). The molecule has 0 fully saturated rings. The summed E-state index contributed by atoms with van der Waals surface area (Å²) in [4.78, 5) is 15.2. The zero-order valence-electron chi connectivity index (χ0n) is 32.7. The number of hydrogen-bond acceptors (Lipinski definition) is 3. The molecule has 3 heteroatoms. The van der Waals surface area contributed by atoms with E-state index in [1.807, 2.05) is 30.3 Å². The van der Waals surface area contributed by atoms with E-state index in [0.29, 0.717) is 17.5 Å². The molecule has 0 spiro atoms. The fraction of sp³-hybridized carbons (Fsp3) is 0. The molecule has 0 radical (unpaired) electrons. The predicted molar refractivity (Wildman–Crippen MR) is 250 cm³/mol. The molecule has 0 aliphatic carbocycles. The van der Waals surface area contributed by atoms with Gasteiger partial charge in [-0.2, -0.15) is 0 Å². The molecule has 0 amide bonds. The first-order valence-corrected chi connectivity index (χ1v) is 20.3. The molecule has 0 atom stereocenters. The Hall–Kier alpha value is -8.01. The number of fused-ring (bicyclic) bond motifs is 3. The molecule has 280 valence electrons. The monoisotopic (exact) mass is 763 g/mol. The highest BCUT2D eigenvalue weighted by Crippen LogP contribution is 2.38. The summed E-state index contributed by atoms with van der Waals surface area (Å²) < 4.78 is 0. The summed E-state index contributed by atoms with van der Waals surface area (Å²) in [5.41, 5.74) is 12.2. The summed E-state index contributed by atoms with van der Waals surface area (Å²) in [5, 5.41) is 7.42. The van der Waals surface area contributed by atoms with E-state index in [1.54, 1.807) is 0 Å². The Labute approximate surface area is 349 Å². The number of benzene rings is 10. The second kappa shape index (κ2) is 15.1. The van der Waals surface area contributed by atoms with Gasteiger partial charge in [-0.25, -0.2) is 15.0 Å². The van der Waals surface area contributed by atoms with Gasteiger partial charge in [0.15, 0.2) is 17.5 Å². The molecule has 3 nitrogen and oxygen atoms in total. The molecule has 1 heterocycles. The Morgan fingerprint density at radius 3 is 1.23 bits per heavy atom. The van der Waals surface area contributed by atoms with Gasteiger partial charge >= 0.3 is 0 Å². The lowest BCUT2D eigenvalue weighted by Crippen LogP contribution is -2.00. The van der Waals surface area contributed by atoms with Crippen molar-refractivity contribution in [2.24, 2.45) is 0 Å². The van der Waals surface area contributed by atoms with Crippen LogP contribution in [0.2, 0.25) is 0 Å². The van der Waals surface area contributed by atoms with Gasteiger partial charge in [0, 0.05) is 16.7 Å². The van der Waals surface area contributed by atoms with Gasteiger partial charge in [-0.05, 0) is 95.0 Å². The van der Waals surface area contributed by atoms with Crippen molar-refractivity contribution in [3.05, 3.63) is 224 Å². The average Bonchev–Trinajstić information content (AvgIpc) is 3.33. The van der Waals surface area contributed by atoms with Crippen LogP contribution in [0, 0.1) is 0 Å². The summed E-state index contributed by atoms with van der Waals surface area (Å²) in [7, 11) is 0. The van der Waals surface area contributed by atoms with Gasteiger partial charge in [0.05, 0.1) is 0 Å². The van der Waals surface area contributed by atoms with Crippen LogP contribution < -0.4 is 0 Å². The van der Waals surface area contributed by atoms with E-state index >= 15 is 0 Å². The topological polar surface area (TPSA) is 38.7 Å². The van der Waals surface area contributed by atoms with Crippen molar-refractivity contribution in [3.8, 4) is 78.7 Å². The maximum atomic E-state index is 5.10. The molecule has 0 aliphatic heterocycles. The molecule has 0 bridgehead atoms. The highest BCUT2D eigenvalue weighted by molar-refractivity contribution is 6.04. The minimum atomic E-state index is 0.632. The molecule has 0 aliphatic rings. The van der Waals surface area contributed by atoms with Crippen molar-refractivity contribution in [2.75, 3.05) is 0 Å². The van der Waals surface area contributed by atoms with Crippen LogP contribution in [-0.2, 0) is 0 Å². The van der Waals surface area contributed by atoms with E-state index in [2.05, 4.69) is 194 Å². The van der Waals surface area contributed by atoms with Crippen LogP contribution in [0.5, 0.6) is 0 Å². The third-order valence-corrected chi connectivity index (χ3v) is 11.5. The fourth-order valence-electron chi connectivity index (χ4n) is 8.49. The minimum absolute atomic E-state index is 0.632. The van der Waals surface area contributed by atoms with E-state index in [0.717, 1.165) is 33.4 Å². The van der Waals surface area contributed by atoms with E-state index in [4.69, 9.17) is 15.0 Å². The molecule has 0 N–H and O–H groups in total. The summed E-state index contributed by atoms with van der Waals surface area (Å²) in [6, 6.07) is 79.6. The second-order valence-corrected chi connectivity index (χ2v) is 15.2. The highest BCUT2D eigenvalue weighted by atomic mass is 15.0. The standard InChI is InChI=1S/C57H37N3/c1-2-15-43(16-3-1)55-58-56(44-33-31-41(32-34-44)51-25-11-18-39-13-4-7-22-49(39)51)60-57(59-55)47-21-10-20-45(35-47)38-27-29-42(30-28-38)54-37-48(36-46-17-6-9-24-52(46)54)53-26-12-19-40-14-5-8-23-50(40)53/h1-37H. The van der Waals surface area contributed by atoms with Gasteiger partial charge in [-0.15, -0.1) is 0 Å². The van der Waals surface area contributed by atoms with Gasteiger partial charge in [-0.3, -0.25) is 0 Å². The first-order valence-electron chi connectivity index (χ1n) is 20.3. The number of aromatic nitrogens is 3. The summed E-state index contributed by atoms with van der Waals surface area (Å²) in [6.07, 6.45) is 0. The Balaban J connectivity index is 0.951. The largest absolute Gasteiger partial charge is 0.208 e. The van der Waals surface area contributed by atoms with Crippen molar-refractivity contribution in [2.45, 2.75) is 0 Å². The van der Waals surface area contributed by atoms with Gasteiger partial charge in [-0.1, -0.05) is 206 Å². The lowest BCUT2D eigenvalue weighted by Gasteiger charge is -2.14. The number of nitrogens with zero attached hydrogens (tertiary/aromatic N) is 3. The van der Waals surface area contributed by atoms with E-state index < -0.39 is 0 Å². The van der Waals surface area contributed by atoms with Crippen LogP contribution in [-0.4, -0.2) is 15.0 Å². The van der Waals surface area contributed by atoms with Crippen LogP contribution >= 0.6 is 0 Å². The lowest BCUT2D eigenvalue weighted by atomic mass is 9.90. The molecule has 0 unspecified atom stereocenters. The normalized spacial score (nSPS) is 11.3. The van der Waals surface area contributed by atoms with E-state index in [9.17, 15) is 0 Å². The van der Waals surface area contributed by atoms with Gasteiger partial charge in [0.1, 0.15) is 0 Å². The van der Waals surface area contributed by atoms with Gasteiger partial charge < -0.3 is 0 Å². The zero-order valence-corrected chi connectivity index (χ0v) is 32.7. The summed E-state index contributed by atoms with van der Waals surface area (Å²) in [5.74, 6) is 1.91. The molecule has 0 saturated carbocycles. The van der Waals surface area contributed by atoms with E-state index in [1.165, 1.54) is 60.1 Å². The quantitative estimate of drug-likeness (QED) is 0.162. The smallest absolute Gasteiger partial charge is 0.164 e. The molecule has 11 aromatic rings. The van der Waals surface area contributed by atoms with Crippen molar-refractivity contribution in [1.82, 2.24) is 15.0 Å². The highest BCUT2D eigenvalue weighted by Gasteiger charge is 2.15. The zero-order chi connectivity index (χ0) is 39.8. The minimum Gasteiger partial charge on any atom is -0.208 e.